The zero-order valence-electron chi connectivity index (χ0n) is 15.0. The lowest BCUT2D eigenvalue weighted by Crippen LogP contribution is -2.28. The van der Waals surface area contributed by atoms with Gasteiger partial charge in [0.2, 0.25) is 10.0 Å². The second kappa shape index (κ2) is 8.19. The first kappa shape index (κ1) is 18.9. The molecule has 3 rings (SSSR count). The number of sulfonamides is 1. The molecule has 9 heteroatoms. The molecule has 8 nitrogen and oxygen atoms in total. The standard InChI is InChI=1S/C18H20N4O4S/c1-25-14-6-7-16(26-2)17(13-14)27(23,24)21-10-12-22-11-9-20-18(22)15-5-3-4-8-19-15/h3-9,11,13,21H,10,12H2,1-2H3. The van der Waals surface area contributed by atoms with Crippen molar-refractivity contribution in [2.75, 3.05) is 20.8 Å². The molecule has 1 N–H and O–H groups in total. The highest BCUT2D eigenvalue weighted by atomic mass is 32.2. The maximum atomic E-state index is 12.7. The van der Waals surface area contributed by atoms with E-state index in [1.165, 1.54) is 20.3 Å². The highest BCUT2D eigenvalue weighted by Crippen LogP contribution is 2.27. The molecule has 0 atom stereocenters. The minimum Gasteiger partial charge on any atom is -0.497 e. The first-order valence-electron chi connectivity index (χ1n) is 8.19. The van der Waals surface area contributed by atoms with E-state index in [-0.39, 0.29) is 17.2 Å². The number of benzene rings is 1. The van der Waals surface area contributed by atoms with E-state index < -0.39 is 10.0 Å². The van der Waals surface area contributed by atoms with Gasteiger partial charge < -0.3 is 14.0 Å². The average Bonchev–Trinajstić information content (AvgIpc) is 3.16. The quantitative estimate of drug-likeness (QED) is 0.634. The maximum Gasteiger partial charge on any atom is 0.244 e. The molecule has 0 fully saturated rings. The predicted octanol–water partition coefficient (Wildman–Crippen LogP) is 1.94. The van der Waals surface area contributed by atoms with E-state index in [9.17, 15) is 8.42 Å². The molecule has 2 heterocycles. The Morgan fingerprint density at radius 1 is 1.07 bits per heavy atom. The molecule has 0 bridgehead atoms. The number of aromatic nitrogens is 3. The van der Waals surface area contributed by atoms with Crippen molar-refractivity contribution in [2.45, 2.75) is 11.4 Å². The summed E-state index contributed by atoms with van der Waals surface area (Å²) in [5.74, 6) is 1.36. The van der Waals surface area contributed by atoms with Gasteiger partial charge >= 0.3 is 0 Å². The first-order chi connectivity index (χ1) is 13.0. The van der Waals surface area contributed by atoms with E-state index in [1.807, 2.05) is 22.8 Å². The number of hydrogen-bond donors (Lipinski definition) is 1. The third-order valence-corrected chi connectivity index (χ3v) is 5.40. The Morgan fingerprint density at radius 3 is 2.63 bits per heavy atom. The van der Waals surface area contributed by atoms with Crippen molar-refractivity contribution in [3.8, 4) is 23.0 Å². The van der Waals surface area contributed by atoms with E-state index in [2.05, 4.69) is 14.7 Å². The normalized spacial score (nSPS) is 11.3. The summed E-state index contributed by atoms with van der Waals surface area (Å²) in [6.45, 7) is 0.580. The highest BCUT2D eigenvalue weighted by molar-refractivity contribution is 7.89. The van der Waals surface area contributed by atoms with Crippen LogP contribution in [0.1, 0.15) is 0 Å². The van der Waals surface area contributed by atoms with Crippen molar-refractivity contribution < 1.29 is 17.9 Å². The second-order valence-electron chi connectivity index (χ2n) is 5.57. The summed E-state index contributed by atoms with van der Waals surface area (Å²) in [4.78, 5) is 8.60. The number of ether oxygens (including phenoxy) is 2. The lowest BCUT2D eigenvalue weighted by Gasteiger charge is -2.13. The van der Waals surface area contributed by atoms with Gasteiger partial charge in [0.25, 0.3) is 0 Å². The predicted molar refractivity (Wildman–Crippen MR) is 100 cm³/mol. The van der Waals surface area contributed by atoms with Gasteiger partial charge in [0.05, 0.1) is 14.2 Å². The molecule has 142 valence electrons. The number of rotatable bonds is 8. The molecule has 1 aromatic carbocycles. The van der Waals surface area contributed by atoms with Gasteiger partial charge in [0, 0.05) is 37.7 Å². The zero-order chi connectivity index (χ0) is 19.3. The van der Waals surface area contributed by atoms with Gasteiger partial charge in [-0.1, -0.05) is 6.07 Å². The van der Waals surface area contributed by atoms with Crippen molar-refractivity contribution in [3.63, 3.8) is 0 Å². The van der Waals surface area contributed by atoms with Crippen LogP contribution in [0.4, 0.5) is 0 Å². The van der Waals surface area contributed by atoms with Crippen LogP contribution < -0.4 is 14.2 Å². The SMILES string of the molecule is COc1ccc(OC)c(S(=O)(=O)NCCn2ccnc2-c2ccccn2)c1. The molecular formula is C18H20N4O4S. The fourth-order valence-electron chi connectivity index (χ4n) is 2.59. The Hall–Kier alpha value is -2.91. The Kier molecular flexibility index (Phi) is 5.72. The number of nitrogens with one attached hydrogen (secondary N) is 1. The van der Waals surface area contributed by atoms with Crippen LogP contribution in [0.5, 0.6) is 11.5 Å². The van der Waals surface area contributed by atoms with Crippen molar-refractivity contribution >= 4 is 10.0 Å². The smallest absolute Gasteiger partial charge is 0.244 e. The van der Waals surface area contributed by atoms with E-state index >= 15 is 0 Å². The monoisotopic (exact) mass is 388 g/mol. The van der Waals surface area contributed by atoms with Gasteiger partial charge in [0.1, 0.15) is 22.1 Å². The molecule has 27 heavy (non-hydrogen) atoms. The fourth-order valence-corrected chi connectivity index (χ4v) is 3.79. The van der Waals surface area contributed by atoms with Gasteiger partial charge in [-0.2, -0.15) is 0 Å². The third kappa shape index (κ3) is 4.26. The summed E-state index contributed by atoms with van der Waals surface area (Å²) in [5, 5.41) is 0. The van der Waals surface area contributed by atoms with Crippen LogP contribution in [0.25, 0.3) is 11.5 Å². The van der Waals surface area contributed by atoms with Crippen LogP contribution in [0.15, 0.2) is 59.9 Å². The number of methoxy groups -OCH3 is 2. The summed E-state index contributed by atoms with van der Waals surface area (Å²) < 4.78 is 40.1. The van der Waals surface area contributed by atoms with Crippen molar-refractivity contribution in [1.29, 1.82) is 0 Å². The van der Waals surface area contributed by atoms with Crippen molar-refractivity contribution in [3.05, 3.63) is 55.0 Å². The van der Waals surface area contributed by atoms with E-state index in [0.29, 0.717) is 18.1 Å². The average molecular weight is 388 g/mol. The maximum absolute atomic E-state index is 12.7. The second-order valence-corrected chi connectivity index (χ2v) is 7.31. The molecule has 0 aliphatic rings. The first-order valence-corrected chi connectivity index (χ1v) is 9.67. The Labute approximate surface area is 157 Å². The number of imidazole rings is 1. The molecule has 2 aromatic heterocycles. The third-order valence-electron chi connectivity index (χ3n) is 3.91. The van der Waals surface area contributed by atoms with Gasteiger partial charge in [-0.05, 0) is 24.3 Å². The molecule has 0 saturated carbocycles. The molecule has 0 aliphatic heterocycles. The van der Waals surface area contributed by atoms with Crippen LogP contribution in [0.2, 0.25) is 0 Å². The fraction of sp³-hybridized carbons (Fsp3) is 0.222. The molecule has 0 unspecified atom stereocenters. The largest absolute Gasteiger partial charge is 0.497 e. The summed E-state index contributed by atoms with van der Waals surface area (Å²) in [7, 11) is -0.873. The number of nitrogens with zero attached hydrogens (tertiary/aromatic N) is 3. The Bertz CT molecular complexity index is 1000. The van der Waals surface area contributed by atoms with Gasteiger partial charge in [-0.25, -0.2) is 18.1 Å². The van der Waals surface area contributed by atoms with Gasteiger partial charge in [-0.3, -0.25) is 4.98 Å². The highest BCUT2D eigenvalue weighted by Gasteiger charge is 2.20. The molecule has 0 amide bonds. The molecule has 3 aromatic rings. The summed E-state index contributed by atoms with van der Waals surface area (Å²) in [6, 6.07) is 10.2. The van der Waals surface area contributed by atoms with Gasteiger partial charge in [0.15, 0.2) is 5.82 Å². The van der Waals surface area contributed by atoms with Crippen LogP contribution in [-0.2, 0) is 16.6 Å². The van der Waals surface area contributed by atoms with Crippen LogP contribution >= 0.6 is 0 Å². The van der Waals surface area contributed by atoms with E-state index in [4.69, 9.17) is 9.47 Å². The summed E-state index contributed by atoms with van der Waals surface area (Å²) in [6.07, 6.45) is 5.13. The topological polar surface area (TPSA) is 95.3 Å². The molecule has 0 spiro atoms. The minimum absolute atomic E-state index is 0.0277. The lowest BCUT2D eigenvalue weighted by atomic mass is 10.3. The van der Waals surface area contributed by atoms with Crippen LogP contribution in [0, 0.1) is 0 Å². The Morgan fingerprint density at radius 2 is 1.93 bits per heavy atom. The van der Waals surface area contributed by atoms with Crippen molar-refractivity contribution in [2.24, 2.45) is 0 Å². The number of pyridine rings is 1. The Balaban J connectivity index is 1.74. The van der Waals surface area contributed by atoms with Crippen molar-refractivity contribution in [1.82, 2.24) is 19.3 Å². The minimum atomic E-state index is -3.77. The van der Waals surface area contributed by atoms with Crippen LogP contribution in [-0.4, -0.2) is 43.7 Å². The summed E-state index contributed by atoms with van der Waals surface area (Å²) in [5.41, 5.74) is 0.722. The van der Waals surface area contributed by atoms with E-state index in [1.54, 1.807) is 30.7 Å². The zero-order valence-corrected chi connectivity index (χ0v) is 15.8. The lowest BCUT2D eigenvalue weighted by molar-refractivity contribution is 0.392. The molecule has 0 saturated heterocycles. The molecular weight excluding hydrogens is 368 g/mol. The summed E-state index contributed by atoms with van der Waals surface area (Å²) >= 11 is 0. The van der Waals surface area contributed by atoms with E-state index in [0.717, 1.165) is 5.69 Å². The van der Waals surface area contributed by atoms with Gasteiger partial charge in [-0.15, -0.1) is 0 Å². The molecule has 0 aliphatic carbocycles. The number of hydrogen-bond acceptors (Lipinski definition) is 6. The van der Waals surface area contributed by atoms with Crippen LogP contribution in [0.3, 0.4) is 0 Å². The molecule has 0 radical (unpaired) electrons.